The Morgan fingerprint density at radius 3 is 1.70 bits per heavy atom. The molecule has 0 amide bonds. The van der Waals surface area contributed by atoms with Crippen molar-refractivity contribution in [3.05, 3.63) is 92.3 Å². The second kappa shape index (κ2) is 10.4. The normalized spacial score (nSPS) is 14.8. The second-order valence-corrected chi connectivity index (χ2v) is 7.91. The van der Waals surface area contributed by atoms with Gasteiger partial charge in [-0.3, -0.25) is 0 Å². The molecule has 0 unspecified atom stereocenters. The molecule has 0 aliphatic heterocycles. The van der Waals surface area contributed by atoms with E-state index in [1.807, 2.05) is 0 Å². The van der Waals surface area contributed by atoms with Crippen molar-refractivity contribution >= 4 is 18.5 Å². The van der Waals surface area contributed by atoms with E-state index in [0.717, 1.165) is 0 Å². The molecule has 0 atom stereocenters. The first-order chi connectivity index (χ1) is 10.9. The Morgan fingerprint density at radius 2 is 1.17 bits per heavy atom. The summed E-state index contributed by atoms with van der Waals surface area (Å²) < 4.78 is 0. The average molecular weight is 312 g/mol. The zero-order valence-corrected chi connectivity index (χ0v) is 14.8. The SMILES string of the molecule is [CH]1[CH][CH][C](CCCCP(c2ccccc2)c2ccccc2)[CH]1.[Li+]. The molecule has 2 aromatic carbocycles. The molecule has 1 fully saturated rings. The first-order valence-corrected chi connectivity index (χ1v) is 9.54. The molecule has 111 valence electrons. The van der Waals surface area contributed by atoms with E-state index in [1.165, 1.54) is 42.0 Å². The Morgan fingerprint density at radius 1 is 0.652 bits per heavy atom. The summed E-state index contributed by atoms with van der Waals surface area (Å²) in [6.07, 6.45) is 13.8. The minimum absolute atomic E-state index is 0. The minimum Gasteiger partial charge on any atom is -0.0622 e. The summed E-state index contributed by atoms with van der Waals surface area (Å²) in [5.74, 6) is 1.48. The van der Waals surface area contributed by atoms with E-state index in [-0.39, 0.29) is 26.8 Å². The molecule has 23 heavy (non-hydrogen) atoms. The Bertz CT molecular complexity index is 495. The third-order valence-electron chi connectivity index (χ3n) is 3.96. The Hall–Kier alpha value is -0.533. The van der Waals surface area contributed by atoms with E-state index in [0.29, 0.717) is 0 Å². The molecule has 2 heteroatoms. The zero-order chi connectivity index (χ0) is 15.0. The minimum atomic E-state index is -0.220. The van der Waals surface area contributed by atoms with Crippen molar-refractivity contribution in [1.29, 1.82) is 0 Å². The second-order valence-electron chi connectivity index (χ2n) is 5.57. The summed E-state index contributed by atoms with van der Waals surface area (Å²) in [6, 6.07) is 22.0. The van der Waals surface area contributed by atoms with Gasteiger partial charge in [-0.2, -0.15) is 0 Å². The first kappa shape index (κ1) is 18.8. The molecular formula is C21H22LiP+. The topological polar surface area (TPSA) is 0 Å². The maximum absolute atomic E-state index is 2.29. The van der Waals surface area contributed by atoms with E-state index >= 15 is 0 Å². The van der Waals surface area contributed by atoms with Crippen LogP contribution in [0.1, 0.15) is 19.3 Å². The van der Waals surface area contributed by atoms with E-state index in [4.69, 9.17) is 0 Å². The predicted octanol–water partition coefficient (Wildman–Crippen LogP) is 1.70. The van der Waals surface area contributed by atoms with Crippen molar-refractivity contribution in [3.63, 3.8) is 0 Å². The van der Waals surface area contributed by atoms with Crippen LogP contribution in [0.25, 0.3) is 0 Å². The summed E-state index contributed by atoms with van der Waals surface area (Å²) in [4.78, 5) is 0. The number of unbranched alkanes of at least 4 members (excludes halogenated alkanes) is 1. The van der Waals surface area contributed by atoms with Gasteiger partial charge in [0.15, 0.2) is 0 Å². The molecule has 5 radical (unpaired) electrons. The molecule has 0 aromatic heterocycles. The maximum Gasteiger partial charge on any atom is 1.00 e. The summed E-state index contributed by atoms with van der Waals surface area (Å²) in [5, 5.41) is 2.99. The molecule has 1 aliphatic carbocycles. The van der Waals surface area contributed by atoms with Crippen molar-refractivity contribution in [2.45, 2.75) is 19.3 Å². The molecule has 0 spiro atoms. The maximum atomic E-state index is 2.29. The Labute approximate surface area is 155 Å². The molecule has 1 aliphatic rings. The van der Waals surface area contributed by atoms with E-state index in [1.54, 1.807) is 0 Å². The van der Waals surface area contributed by atoms with Crippen LogP contribution in [0, 0.1) is 31.6 Å². The van der Waals surface area contributed by atoms with Crippen molar-refractivity contribution in [1.82, 2.24) is 0 Å². The van der Waals surface area contributed by atoms with Crippen LogP contribution in [0.2, 0.25) is 0 Å². The average Bonchev–Trinajstić information content (AvgIpc) is 3.10. The summed E-state index contributed by atoms with van der Waals surface area (Å²) in [7, 11) is -0.220. The van der Waals surface area contributed by atoms with Crippen LogP contribution >= 0.6 is 7.92 Å². The third kappa shape index (κ3) is 5.80. The first-order valence-electron chi connectivity index (χ1n) is 8.02. The van der Waals surface area contributed by atoms with Crippen LogP contribution in [0.4, 0.5) is 0 Å². The number of hydrogen-bond donors (Lipinski definition) is 0. The molecule has 0 N–H and O–H groups in total. The van der Waals surface area contributed by atoms with Gasteiger partial charge in [0.05, 0.1) is 0 Å². The van der Waals surface area contributed by atoms with Gasteiger partial charge in [0.2, 0.25) is 0 Å². The van der Waals surface area contributed by atoms with Gasteiger partial charge in [-0.1, -0.05) is 67.1 Å². The summed E-state index contributed by atoms with van der Waals surface area (Å²) >= 11 is 0. The van der Waals surface area contributed by atoms with Gasteiger partial charge >= 0.3 is 18.9 Å². The molecule has 0 saturated heterocycles. The van der Waals surface area contributed by atoms with Gasteiger partial charge in [0.1, 0.15) is 0 Å². The number of benzene rings is 2. The van der Waals surface area contributed by atoms with Crippen LogP contribution in [0.15, 0.2) is 60.7 Å². The van der Waals surface area contributed by atoms with E-state index in [2.05, 4.69) is 86.3 Å². The van der Waals surface area contributed by atoms with Crippen LogP contribution in [0.5, 0.6) is 0 Å². The fourth-order valence-corrected chi connectivity index (χ4v) is 5.22. The molecule has 3 rings (SSSR count). The van der Waals surface area contributed by atoms with Crippen molar-refractivity contribution in [2.24, 2.45) is 0 Å². The number of rotatable bonds is 7. The van der Waals surface area contributed by atoms with Crippen molar-refractivity contribution < 1.29 is 18.9 Å². The summed E-state index contributed by atoms with van der Waals surface area (Å²) in [5.41, 5.74) is 0. The quantitative estimate of drug-likeness (QED) is 0.415. The van der Waals surface area contributed by atoms with Gasteiger partial charge in [-0.05, 0) is 69.1 Å². The standard InChI is InChI=1S/C21H22P.Li/c1-3-14-20(15-4-1)22(21-16-5-2-6-17-21)18-10-9-13-19-11-7-8-12-19;/h1-8,11-12,14-17H,9-10,13,18H2;/q;+1. The molecule has 0 bridgehead atoms. The fraction of sp³-hybridized carbons (Fsp3) is 0.190. The van der Waals surface area contributed by atoms with Crippen LogP contribution in [-0.2, 0) is 0 Å². The molecule has 0 nitrogen and oxygen atoms in total. The van der Waals surface area contributed by atoms with Gasteiger partial charge in [-0.25, -0.2) is 0 Å². The van der Waals surface area contributed by atoms with Gasteiger partial charge in [-0.15, -0.1) is 0 Å². The Kier molecular flexibility index (Phi) is 8.47. The molecule has 0 heterocycles. The summed E-state index contributed by atoms with van der Waals surface area (Å²) in [6.45, 7) is 0. The van der Waals surface area contributed by atoms with Crippen LogP contribution in [0.3, 0.4) is 0 Å². The number of hydrogen-bond acceptors (Lipinski definition) is 0. The monoisotopic (exact) mass is 312 g/mol. The molecular weight excluding hydrogens is 290 g/mol. The van der Waals surface area contributed by atoms with Crippen molar-refractivity contribution in [3.8, 4) is 0 Å². The predicted molar refractivity (Wildman–Crippen MR) is 98.2 cm³/mol. The van der Waals surface area contributed by atoms with Gasteiger partial charge in [0, 0.05) is 0 Å². The van der Waals surface area contributed by atoms with Gasteiger partial charge in [0.25, 0.3) is 0 Å². The largest absolute Gasteiger partial charge is 1.00 e. The van der Waals surface area contributed by atoms with E-state index < -0.39 is 0 Å². The molecule has 1 saturated carbocycles. The Balaban J connectivity index is 0.00000192. The van der Waals surface area contributed by atoms with E-state index in [9.17, 15) is 0 Å². The zero-order valence-electron chi connectivity index (χ0n) is 13.9. The van der Waals surface area contributed by atoms with Crippen molar-refractivity contribution in [2.75, 3.05) is 6.16 Å². The molecule has 2 aromatic rings. The third-order valence-corrected chi connectivity index (χ3v) is 6.57. The smallest absolute Gasteiger partial charge is 0.0622 e. The van der Waals surface area contributed by atoms with Crippen LogP contribution < -0.4 is 29.5 Å². The van der Waals surface area contributed by atoms with Gasteiger partial charge < -0.3 is 0 Å². The fourth-order valence-electron chi connectivity index (χ4n) is 2.80. The van der Waals surface area contributed by atoms with Crippen LogP contribution in [-0.4, -0.2) is 6.16 Å².